The maximum absolute atomic E-state index is 12.5. The molecule has 0 bridgehead atoms. The van der Waals surface area contributed by atoms with Gasteiger partial charge in [-0.15, -0.1) is 0 Å². The van der Waals surface area contributed by atoms with Gasteiger partial charge in [-0.25, -0.2) is 4.79 Å². The summed E-state index contributed by atoms with van der Waals surface area (Å²) >= 11 is 0. The highest BCUT2D eigenvalue weighted by Crippen LogP contribution is 2.49. The summed E-state index contributed by atoms with van der Waals surface area (Å²) in [6.07, 6.45) is 6.47. The lowest BCUT2D eigenvalue weighted by molar-refractivity contribution is -0.0592. The first-order chi connectivity index (χ1) is 14.0. The summed E-state index contributed by atoms with van der Waals surface area (Å²) < 4.78 is 36.0. The lowest BCUT2D eigenvalue weighted by Gasteiger charge is -2.26. The van der Waals surface area contributed by atoms with Crippen LogP contribution in [0.3, 0.4) is 0 Å². The van der Waals surface area contributed by atoms with Crippen molar-refractivity contribution in [3.05, 3.63) is 34.6 Å². The quantitative estimate of drug-likeness (QED) is 0.504. The topological polar surface area (TPSA) is 115 Å². The number of hydrogen-bond acceptors (Lipinski definition) is 8. The molecule has 2 N–H and O–H groups in total. The van der Waals surface area contributed by atoms with Crippen LogP contribution in [0.15, 0.2) is 29.0 Å². The molecule has 2 atom stereocenters. The van der Waals surface area contributed by atoms with Crippen LogP contribution in [-0.4, -0.2) is 48.7 Å². The molecular weight excluding hydrogens is 397 g/mol. The van der Waals surface area contributed by atoms with Crippen LogP contribution in [0.2, 0.25) is 0 Å². The summed E-state index contributed by atoms with van der Waals surface area (Å²) in [6, 6.07) is 1.35. The number of rotatable bonds is 12. The van der Waals surface area contributed by atoms with Crippen LogP contribution in [0.1, 0.15) is 45.6 Å². The second-order valence-corrected chi connectivity index (χ2v) is 8.60. The summed E-state index contributed by atoms with van der Waals surface area (Å²) in [4.78, 5) is 16.1. The van der Waals surface area contributed by atoms with Crippen molar-refractivity contribution >= 4 is 13.4 Å². The van der Waals surface area contributed by atoms with E-state index in [4.69, 9.17) is 24.3 Å². The Morgan fingerprint density at radius 1 is 1.41 bits per heavy atom. The van der Waals surface area contributed by atoms with Crippen molar-refractivity contribution < 1.29 is 23.1 Å². The molecule has 0 saturated carbocycles. The van der Waals surface area contributed by atoms with E-state index in [2.05, 4.69) is 4.98 Å². The van der Waals surface area contributed by atoms with E-state index in [1.807, 2.05) is 0 Å². The molecule has 1 fully saturated rings. The Hall–Kier alpha value is -1.51. The number of nitrogens with two attached hydrogens (primary N) is 1. The molecule has 2 unspecified atom stereocenters. The van der Waals surface area contributed by atoms with Gasteiger partial charge in [0, 0.05) is 18.6 Å². The van der Waals surface area contributed by atoms with Gasteiger partial charge in [0.05, 0.1) is 38.6 Å². The zero-order valence-corrected chi connectivity index (χ0v) is 18.1. The molecule has 29 heavy (non-hydrogen) atoms. The van der Waals surface area contributed by atoms with E-state index in [1.54, 1.807) is 32.2 Å². The number of allylic oxidation sites excluding steroid dienone is 1. The molecule has 0 aromatic carbocycles. The fourth-order valence-corrected chi connectivity index (χ4v) is 4.45. The Labute approximate surface area is 171 Å². The Bertz CT molecular complexity index is 738. The zero-order chi connectivity index (χ0) is 21.1. The number of nitrogen functional groups attached to an aromatic ring is 1. The normalized spacial score (nSPS) is 18.9. The molecule has 10 heteroatoms. The second kappa shape index (κ2) is 12.2. The monoisotopic (exact) mass is 429 g/mol. The number of ether oxygens (including phenoxy) is 2. The summed E-state index contributed by atoms with van der Waals surface area (Å²) in [7, 11) is -3.23. The maximum atomic E-state index is 12.5. The van der Waals surface area contributed by atoms with Crippen LogP contribution in [0, 0.1) is 0 Å². The van der Waals surface area contributed by atoms with Crippen LogP contribution in [0.4, 0.5) is 5.82 Å². The molecule has 0 radical (unpaired) electrons. The number of hydrogen-bond donors (Lipinski definition) is 1. The van der Waals surface area contributed by atoms with E-state index in [9.17, 15) is 9.36 Å². The minimum absolute atomic E-state index is 0.0235. The first-order valence-corrected chi connectivity index (χ1v) is 11.7. The average molecular weight is 429 g/mol. The molecule has 1 aromatic rings. The Morgan fingerprint density at radius 2 is 2.17 bits per heavy atom. The van der Waals surface area contributed by atoms with Gasteiger partial charge < -0.3 is 24.3 Å². The SMILES string of the molecule is CCOP(=O)(C=CCCC(COC1CCCOC1)n1ccc(N)nc1=O)OCC. The van der Waals surface area contributed by atoms with Crippen molar-refractivity contribution in [2.75, 3.05) is 38.8 Å². The fraction of sp³-hybridized carbons (Fsp3) is 0.684. The first-order valence-electron chi connectivity index (χ1n) is 10.1. The van der Waals surface area contributed by atoms with Crippen LogP contribution < -0.4 is 11.4 Å². The van der Waals surface area contributed by atoms with E-state index >= 15 is 0 Å². The van der Waals surface area contributed by atoms with E-state index in [0.29, 0.717) is 39.3 Å². The largest absolute Gasteiger partial charge is 0.383 e. The van der Waals surface area contributed by atoms with Gasteiger partial charge >= 0.3 is 13.3 Å². The minimum atomic E-state index is -3.23. The molecule has 1 aliphatic heterocycles. The highest BCUT2D eigenvalue weighted by Gasteiger charge is 2.20. The van der Waals surface area contributed by atoms with E-state index in [1.165, 1.54) is 10.4 Å². The summed E-state index contributed by atoms with van der Waals surface area (Å²) in [5.74, 6) is 1.66. The third kappa shape index (κ3) is 8.03. The molecule has 1 aromatic heterocycles. The predicted octanol–water partition coefficient (Wildman–Crippen LogP) is 3.12. The molecule has 2 rings (SSSR count). The third-order valence-electron chi connectivity index (χ3n) is 4.46. The third-order valence-corrected chi connectivity index (χ3v) is 6.27. The van der Waals surface area contributed by atoms with Gasteiger partial charge in [-0.05, 0) is 45.6 Å². The number of nitrogens with zero attached hydrogens (tertiary/aromatic N) is 2. The Morgan fingerprint density at radius 3 is 2.79 bits per heavy atom. The second-order valence-electron chi connectivity index (χ2n) is 6.71. The molecule has 0 amide bonds. The average Bonchev–Trinajstić information content (AvgIpc) is 2.69. The van der Waals surface area contributed by atoms with Gasteiger partial charge in [0.15, 0.2) is 0 Å². The van der Waals surface area contributed by atoms with Crippen LogP contribution in [-0.2, 0) is 23.1 Å². The van der Waals surface area contributed by atoms with Crippen molar-refractivity contribution in [3.8, 4) is 0 Å². The highest BCUT2D eigenvalue weighted by molar-refractivity contribution is 7.57. The first kappa shape index (κ1) is 23.8. The van der Waals surface area contributed by atoms with Crippen molar-refractivity contribution in [2.24, 2.45) is 0 Å². The van der Waals surface area contributed by atoms with Crippen LogP contribution >= 0.6 is 7.60 Å². The molecular formula is C19H32N3O6P. The van der Waals surface area contributed by atoms with Gasteiger partial charge in [-0.1, -0.05) is 6.08 Å². The van der Waals surface area contributed by atoms with E-state index < -0.39 is 13.3 Å². The molecule has 164 valence electrons. The Balaban J connectivity index is 2.03. The van der Waals surface area contributed by atoms with Crippen molar-refractivity contribution in [1.82, 2.24) is 9.55 Å². The lowest BCUT2D eigenvalue weighted by atomic mass is 10.1. The van der Waals surface area contributed by atoms with Crippen LogP contribution in [0.25, 0.3) is 0 Å². The predicted molar refractivity (Wildman–Crippen MR) is 111 cm³/mol. The van der Waals surface area contributed by atoms with E-state index in [0.717, 1.165) is 19.4 Å². The Kier molecular flexibility index (Phi) is 10.0. The summed E-state index contributed by atoms with van der Waals surface area (Å²) in [5, 5.41) is 0. The molecule has 9 nitrogen and oxygen atoms in total. The number of anilines is 1. The smallest absolute Gasteiger partial charge is 0.353 e. The van der Waals surface area contributed by atoms with Gasteiger partial charge in [0.1, 0.15) is 5.82 Å². The molecule has 2 heterocycles. The fourth-order valence-electron chi connectivity index (χ4n) is 3.07. The summed E-state index contributed by atoms with van der Waals surface area (Å²) in [6.45, 7) is 5.80. The van der Waals surface area contributed by atoms with Crippen molar-refractivity contribution in [3.63, 3.8) is 0 Å². The van der Waals surface area contributed by atoms with Gasteiger partial charge in [0.25, 0.3) is 0 Å². The van der Waals surface area contributed by atoms with E-state index in [-0.39, 0.29) is 18.0 Å². The summed E-state index contributed by atoms with van der Waals surface area (Å²) in [5.41, 5.74) is 5.18. The van der Waals surface area contributed by atoms with Gasteiger partial charge in [-0.2, -0.15) is 4.98 Å². The number of aromatic nitrogens is 2. The molecule has 0 aliphatic carbocycles. The van der Waals surface area contributed by atoms with Crippen LogP contribution in [0.5, 0.6) is 0 Å². The molecule has 0 spiro atoms. The van der Waals surface area contributed by atoms with Crippen molar-refractivity contribution in [1.29, 1.82) is 0 Å². The zero-order valence-electron chi connectivity index (χ0n) is 17.2. The maximum Gasteiger partial charge on any atom is 0.353 e. The van der Waals surface area contributed by atoms with Crippen molar-refractivity contribution in [2.45, 2.75) is 51.7 Å². The molecule has 1 aliphatic rings. The minimum Gasteiger partial charge on any atom is -0.383 e. The molecule has 1 saturated heterocycles. The van der Waals surface area contributed by atoms with Gasteiger partial charge in [0.2, 0.25) is 0 Å². The highest BCUT2D eigenvalue weighted by atomic mass is 31.2. The lowest BCUT2D eigenvalue weighted by Crippen LogP contribution is -2.33. The van der Waals surface area contributed by atoms with Gasteiger partial charge in [-0.3, -0.25) is 9.13 Å². The standard InChI is InChI=1S/C19H32N3O6P/c1-3-27-29(24,28-4-2)13-6-5-8-16(14-26-17-9-7-12-25-15-17)22-11-10-18(20)21-19(22)23/h6,10-11,13,16-17H,3-5,7-9,12,14-15H2,1-2H3,(H2,20,21,23).